The minimum absolute atomic E-state index is 0.0333. The number of amides is 1. The molecule has 0 aromatic heterocycles. The van der Waals surface area contributed by atoms with Crippen LogP contribution in [0, 0.1) is 16.0 Å². The Bertz CT molecular complexity index is 554. The zero-order chi connectivity index (χ0) is 15.6. The third-order valence-electron chi connectivity index (χ3n) is 3.96. The van der Waals surface area contributed by atoms with Gasteiger partial charge in [-0.2, -0.15) is 0 Å². The van der Waals surface area contributed by atoms with Crippen molar-refractivity contribution in [1.82, 2.24) is 4.90 Å². The van der Waals surface area contributed by atoms with Crippen LogP contribution in [0.4, 0.5) is 5.69 Å². The van der Waals surface area contributed by atoms with Crippen molar-refractivity contribution in [3.05, 3.63) is 38.3 Å². The van der Waals surface area contributed by atoms with E-state index in [9.17, 15) is 14.9 Å². The van der Waals surface area contributed by atoms with Crippen LogP contribution < -0.4 is 5.73 Å². The number of nitro benzene ring substituents is 1. The van der Waals surface area contributed by atoms with Gasteiger partial charge in [0.15, 0.2) is 0 Å². The molecule has 2 N–H and O–H groups in total. The number of rotatable bonds is 3. The predicted molar refractivity (Wildman–Crippen MR) is 83.1 cm³/mol. The van der Waals surface area contributed by atoms with E-state index in [1.165, 1.54) is 18.2 Å². The molecule has 1 aliphatic rings. The second-order valence-electron chi connectivity index (χ2n) is 5.41. The molecule has 21 heavy (non-hydrogen) atoms. The van der Waals surface area contributed by atoms with E-state index in [-0.39, 0.29) is 17.6 Å². The molecule has 0 bridgehead atoms. The quantitative estimate of drug-likeness (QED) is 0.666. The Labute approximate surface area is 131 Å². The Kier molecular flexibility index (Phi) is 4.95. The van der Waals surface area contributed by atoms with Crippen molar-refractivity contribution in [3.8, 4) is 0 Å². The van der Waals surface area contributed by atoms with E-state index >= 15 is 0 Å². The zero-order valence-electron chi connectivity index (χ0n) is 11.8. The van der Waals surface area contributed by atoms with Crippen molar-refractivity contribution in [2.45, 2.75) is 25.8 Å². The number of hydrogen-bond donors (Lipinski definition) is 1. The van der Waals surface area contributed by atoms with E-state index in [1.54, 1.807) is 4.90 Å². The van der Waals surface area contributed by atoms with Crippen molar-refractivity contribution in [1.29, 1.82) is 0 Å². The van der Waals surface area contributed by atoms with Gasteiger partial charge < -0.3 is 10.6 Å². The molecule has 1 saturated heterocycles. The number of benzene rings is 1. The van der Waals surface area contributed by atoms with Crippen LogP contribution in [0.2, 0.25) is 0 Å². The highest BCUT2D eigenvalue weighted by Crippen LogP contribution is 2.26. The van der Waals surface area contributed by atoms with Gasteiger partial charge in [0.1, 0.15) is 0 Å². The summed E-state index contributed by atoms with van der Waals surface area (Å²) in [7, 11) is 0. The number of nitrogens with zero attached hydrogens (tertiary/aromatic N) is 2. The monoisotopic (exact) mass is 355 g/mol. The van der Waals surface area contributed by atoms with Crippen LogP contribution in [0.15, 0.2) is 22.7 Å². The molecule has 2 rings (SSSR count). The first-order valence-electron chi connectivity index (χ1n) is 6.89. The van der Waals surface area contributed by atoms with Gasteiger partial charge in [0, 0.05) is 35.7 Å². The van der Waals surface area contributed by atoms with Crippen molar-refractivity contribution < 1.29 is 9.72 Å². The van der Waals surface area contributed by atoms with Gasteiger partial charge in [0.2, 0.25) is 0 Å². The van der Waals surface area contributed by atoms with Crippen LogP contribution in [0.1, 0.15) is 30.1 Å². The Balaban J connectivity index is 2.09. The van der Waals surface area contributed by atoms with Crippen LogP contribution in [-0.4, -0.2) is 34.9 Å². The molecule has 1 aliphatic heterocycles. The SMILES string of the molecule is CC(N)C1CCN(C(=O)c2ccc([N+](=O)[O-])cc2Br)CC1. The summed E-state index contributed by atoms with van der Waals surface area (Å²) in [6.07, 6.45) is 1.79. The van der Waals surface area contributed by atoms with E-state index in [2.05, 4.69) is 15.9 Å². The van der Waals surface area contributed by atoms with Crippen LogP contribution >= 0.6 is 15.9 Å². The molecule has 114 valence electrons. The summed E-state index contributed by atoms with van der Waals surface area (Å²) in [5.74, 6) is 0.356. The van der Waals surface area contributed by atoms with Crippen LogP contribution in [-0.2, 0) is 0 Å². The number of hydrogen-bond acceptors (Lipinski definition) is 4. The number of carbonyl (C=O) groups excluding carboxylic acids is 1. The summed E-state index contributed by atoms with van der Waals surface area (Å²) in [6.45, 7) is 3.35. The number of piperidine rings is 1. The molecule has 6 nitrogen and oxygen atoms in total. The smallest absolute Gasteiger partial charge is 0.270 e. The van der Waals surface area contributed by atoms with Gasteiger partial charge in [0.25, 0.3) is 11.6 Å². The first-order chi connectivity index (χ1) is 9.90. The van der Waals surface area contributed by atoms with Crippen molar-refractivity contribution >= 4 is 27.5 Å². The molecule has 1 unspecified atom stereocenters. The van der Waals surface area contributed by atoms with Crippen molar-refractivity contribution in [2.24, 2.45) is 11.7 Å². The van der Waals surface area contributed by atoms with Gasteiger partial charge >= 0.3 is 0 Å². The van der Waals surface area contributed by atoms with Crippen molar-refractivity contribution in [2.75, 3.05) is 13.1 Å². The summed E-state index contributed by atoms with van der Waals surface area (Å²) in [6, 6.07) is 4.37. The fourth-order valence-electron chi connectivity index (χ4n) is 2.59. The number of likely N-dealkylation sites (tertiary alicyclic amines) is 1. The van der Waals surface area contributed by atoms with Crippen LogP contribution in [0.5, 0.6) is 0 Å². The van der Waals surface area contributed by atoms with E-state index in [0.717, 1.165) is 12.8 Å². The maximum atomic E-state index is 12.5. The highest BCUT2D eigenvalue weighted by atomic mass is 79.9. The van der Waals surface area contributed by atoms with Crippen molar-refractivity contribution in [3.63, 3.8) is 0 Å². The van der Waals surface area contributed by atoms with Gasteiger partial charge in [-0.3, -0.25) is 14.9 Å². The molecular weight excluding hydrogens is 338 g/mol. The third-order valence-corrected chi connectivity index (χ3v) is 4.62. The van der Waals surface area contributed by atoms with Gasteiger partial charge in [-0.25, -0.2) is 0 Å². The lowest BCUT2D eigenvalue weighted by molar-refractivity contribution is -0.384. The highest BCUT2D eigenvalue weighted by molar-refractivity contribution is 9.10. The standard InChI is InChI=1S/C14H18BrN3O3/c1-9(16)10-4-6-17(7-5-10)14(19)12-3-2-11(18(20)21)8-13(12)15/h2-3,8-10H,4-7,16H2,1H3. The number of nitro groups is 1. The molecule has 1 heterocycles. The second kappa shape index (κ2) is 6.53. The lowest BCUT2D eigenvalue weighted by atomic mass is 9.90. The summed E-state index contributed by atoms with van der Waals surface area (Å²) >= 11 is 3.25. The average molecular weight is 356 g/mol. The lowest BCUT2D eigenvalue weighted by Crippen LogP contribution is -2.42. The Hall–Kier alpha value is -1.47. The van der Waals surface area contributed by atoms with Gasteiger partial charge in [-0.15, -0.1) is 0 Å². The average Bonchev–Trinajstić information content (AvgIpc) is 2.46. The first kappa shape index (κ1) is 15.9. The number of non-ortho nitro benzene ring substituents is 1. The molecule has 0 aliphatic carbocycles. The van der Waals surface area contributed by atoms with E-state index in [0.29, 0.717) is 29.0 Å². The normalized spacial score (nSPS) is 17.6. The Morgan fingerprint density at radius 2 is 2.10 bits per heavy atom. The summed E-state index contributed by atoms with van der Waals surface area (Å²) in [5.41, 5.74) is 6.32. The topological polar surface area (TPSA) is 89.5 Å². The molecule has 0 saturated carbocycles. The molecule has 1 aromatic rings. The number of halogens is 1. The summed E-state index contributed by atoms with van der Waals surface area (Å²) in [4.78, 5) is 24.5. The fraction of sp³-hybridized carbons (Fsp3) is 0.500. The first-order valence-corrected chi connectivity index (χ1v) is 7.68. The van der Waals surface area contributed by atoms with Gasteiger partial charge in [0.05, 0.1) is 10.5 Å². The molecule has 0 radical (unpaired) electrons. The summed E-state index contributed by atoms with van der Waals surface area (Å²) < 4.78 is 0.455. The van der Waals surface area contributed by atoms with Crippen LogP contribution in [0.25, 0.3) is 0 Å². The largest absolute Gasteiger partial charge is 0.339 e. The van der Waals surface area contributed by atoms with E-state index in [1.807, 2.05) is 6.92 Å². The van der Waals surface area contributed by atoms with Crippen LogP contribution in [0.3, 0.4) is 0 Å². The Morgan fingerprint density at radius 3 is 2.57 bits per heavy atom. The maximum Gasteiger partial charge on any atom is 0.270 e. The van der Waals surface area contributed by atoms with Gasteiger partial charge in [-0.1, -0.05) is 0 Å². The molecule has 1 atom stereocenters. The van der Waals surface area contributed by atoms with E-state index in [4.69, 9.17) is 5.73 Å². The summed E-state index contributed by atoms with van der Waals surface area (Å²) in [5, 5.41) is 10.7. The Morgan fingerprint density at radius 1 is 1.48 bits per heavy atom. The molecule has 1 aromatic carbocycles. The lowest BCUT2D eigenvalue weighted by Gasteiger charge is -2.33. The number of carbonyl (C=O) groups is 1. The molecular formula is C14H18BrN3O3. The second-order valence-corrected chi connectivity index (χ2v) is 6.26. The molecule has 7 heteroatoms. The zero-order valence-corrected chi connectivity index (χ0v) is 13.4. The minimum atomic E-state index is -0.479. The molecule has 1 fully saturated rings. The highest BCUT2D eigenvalue weighted by Gasteiger charge is 2.26. The number of nitrogens with two attached hydrogens (primary N) is 1. The van der Waals surface area contributed by atoms with Gasteiger partial charge in [-0.05, 0) is 47.7 Å². The fourth-order valence-corrected chi connectivity index (χ4v) is 3.13. The third kappa shape index (κ3) is 3.59. The molecule has 1 amide bonds. The predicted octanol–water partition coefficient (Wildman–Crippen LogP) is 2.56. The maximum absolute atomic E-state index is 12.5. The minimum Gasteiger partial charge on any atom is -0.339 e. The molecule has 0 spiro atoms. The van der Waals surface area contributed by atoms with E-state index < -0.39 is 4.92 Å².